The van der Waals surface area contributed by atoms with Gasteiger partial charge in [0, 0.05) is 5.02 Å². The van der Waals surface area contributed by atoms with Gasteiger partial charge in [-0.3, -0.25) is 4.79 Å². The maximum atomic E-state index is 12.1. The number of aliphatic hydroxyl groups is 1. The lowest BCUT2D eigenvalue weighted by molar-refractivity contribution is -0.122. The standard InChI is InChI=1S/C17H18ClNO3/c18-14-5-2-1-4-12(14)10-16(20)19-11-17(21,13-7-8-13)15-6-3-9-22-15/h1-6,9,13,21H,7-8,10-11H2,(H,19,20)/t17-/m1/s1. The van der Waals surface area contributed by atoms with Crippen molar-refractivity contribution in [1.82, 2.24) is 5.32 Å². The third-order valence-electron chi connectivity index (χ3n) is 4.06. The largest absolute Gasteiger partial charge is 0.466 e. The van der Waals surface area contributed by atoms with E-state index in [1.54, 1.807) is 18.2 Å². The van der Waals surface area contributed by atoms with Crippen LogP contribution in [0, 0.1) is 5.92 Å². The first-order valence-electron chi connectivity index (χ1n) is 7.36. The molecule has 1 heterocycles. The van der Waals surface area contributed by atoms with E-state index < -0.39 is 5.60 Å². The van der Waals surface area contributed by atoms with Gasteiger partial charge in [-0.2, -0.15) is 0 Å². The molecule has 1 fully saturated rings. The molecule has 1 atom stereocenters. The average Bonchev–Trinajstić information content (AvgIpc) is 3.22. The number of rotatable bonds is 6. The summed E-state index contributed by atoms with van der Waals surface area (Å²) in [5.74, 6) is 0.478. The summed E-state index contributed by atoms with van der Waals surface area (Å²) < 4.78 is 5.35. The molecule has 4 nitrogen and oxygen atoms in total. The molecular formula is C17H18ClNO3. The van der Waals surface area contributed by atoms with Crippen LogP contribution in [0.1, 0.15) is 24.2 Å². The van der Waals surface area contributed by atoms with E-state index in [2.05, 4.69) is 5.32 Å². The topological polar surface area (TPSA) is 62.5 Å². The summed E-state index contributed by atoms with van der Waals surface area (Å²) in [5, 5.41) is 14.2. The van der Waals surface area contributed by atoms with Crippen LogP contribution in [0.5, 0.6) is 0 Å². The molecule has 1 aliphatic rings. The summed E-state index contributed by atoms with van der Waals surface area (Å²) in [6.07, 6.45) is 3.61. The van der Waals surface area contributed by atoms with Crippen molar-refractivity contribution >= 4 is 17.5 Å². The molecule has 0 unspecified atom stereocenters. The van der Waals surface area contributed by atoms with Crippen LogP contribution in [0.3, 0.4) is 0 Å². The SMILES string of the molecule is O=C(Cc1ccccc1Cl)NC[C@](O)(c1ccco1)C1CC1. The molecule has 3 rings (SSSR count). The van der Waals surface area contributed by atoms with Gasteiger partial charge in [0.1, 0.15) is 11.4 Å². The van der Waals surface area contributed by atoms with Crippen molar-refractivity contribution < 1.29 is 14.3 Å². The Labute approximate surface area is 134 Å². The predicted octanol–water partition coefficient (Wildman–Crippen LogP) is 2.89. The molecule has 5 heteroatoms. The molecule has 0 radical (unpaired) electrons. The Morgan fingerprint density at radius 2 is 2.09 bits per heavy atom. The maximum Gasteiger partial charge on any atom is 0.224 e. The molecule has 2 aromatic rings. The minimum absolute atomic E-state index is 0.138. The van der Waals surface area contributed by atoms with Crippen molar-refractivity contribution in [1.29, 1.82) is 0 Å². The molecule has 0 saturated heterocycles. The second-order valence-electron chi connectivity index (χ2n) is 5.72. The fraction of sp³-hybridized carbons (Fsp3) is 0.353. The molecule has 116 valence electrons. The number of furan rings is 1. The van der Waals surface area contributed by atoms with Gasteiger partial charge in [-0.25, -0.2) is 0 Å². The van der Waals surface area contributed by atoms with Gasteiger partial charge in [-0.1, -0.05) is 29.8 Å². The normalized spacial score (nSPS) is 17.0. The second kappa shape index (κ2) is 6.15. The first-order valence-corrected chi connectivity index (χ1v) is 7.74. The molecule has 22 heavy (non-hydrogen) atoms. The summed E-state index contributed by atoms with van der Waals surface area (Å²) in [6.45, 7) is 0.147. The molecule has 1 aliphatic carbocycles. The molecule has 1 aromatic carbocycles. The van der Waals surface area contributed by atoms with Gasteiger partial charge in [0.2, 0.25) is 5.91 Å². The number of carbonyl (C=O) groups excluding carboxylic acids is 1. The Kier molecular flexibility index (Phi) is 4.23. The van der Waals surface area contributed by atoms with E-state index in [1.807, 2.05) is 18.2 Å². The van der Waals surface area contributed by atoms with Gasteiger partial charge in [0.25, 0.3) is 0 Å². The predicted molar refractivity (Wildman–Crippen MR) is 83.5 cm³/mol. The highest BCUT2D eigenvalue weighted by molar-refractivity contribution is 6.31. The molecule has 0 spiro atoms. The van der Waals surface area contributed by atoms with Crippen LogP contribution in [-0.2, 0) is 16.8 Å². The minimum Gasteiger partial charge on any atom is -0.466 e. The number of nitrogens with one attached hydrogen (secondary N) is 1. The lowest BCUT2D eigenvalue weighted by Crippen LogP contribution is -2.42. The van der Waals surface area contributed by atoms with Crippen molar-refractivity contribution in [3.8, 4) is 0 Å². The Bertz CT molecular complexity index is 652. The monoisotopic (exact) mass is 319 g/mol. The van der Waals surface area contributed by atoms with Crippen LogP contribution in [-0.4, -0.2) is 17.6 Å². The molecule has 1 amide bonds. The summed E-state index contributed by atoms with van der Waals surface area (Å²) >= 11 is 6.06. The van der Waals surface area contributed by atoms with Gasteiger partial charge in [0.05, 0.1) is 19.2 Å². The van der Waals surface area contributed by atoms with E-state index >= 15 is 0 Å². The first-order chi connectivity index (χ1) is 10.6. The number of halogens is 1. The third kappa shape index (κ3) is 3.18. The van der Waals surface area contributed by atoms with Crippen molar-refractivity contribution in [2.45, 2.75) is 24.9 Å². The van der Waals surface area contributed by atoms with Gasteiger partial charge in [0.15, 0.2) is 0 Å². The van der Waals surface area contributed by atoms with Crippen LogP contribution in [0.15, 0.2) is 47.1 Å². The van der Waals surface area contributed by atoms with Crippen molar-refractivity contribution in [2.24, 2.45) is 5.92 Å². The van der Waals surface area contributed by atoms with Crippen LogP contribution in [0.25, 0.3) is 0 Å². The van der Waals surface area contributed by atoms with Crippen LogP contribution in [0.2, 0.25) is 5.02 Å². The first kappa shape index (κ1) is 15.1. The maximum absolute atomic E-state index is 12.1. The van der Waals surface area contributed by atoms with Gasteiger partial charge >= 0.3 is 0 Å². The fourth-order valence-electron chi connectivity index (χ4n) is 2.63. The number of amides is 1. The summed E-state index contributed by atoms with van der Waals surface area (Å²) in [4.78, 5) is 12.1. The van der Waals surface area contributed by atoms with Crippen LogP contribution < -0.4 is 5.32 Å². The van der Waals surface area contributed by atoms with Crippen LogP contribution in [0.4, 0.5) is 0 Å². The molecule has 2 N–H and O–H groups in total. The van der Waals surface area contributed by atoms with E-state index in [0.29, 0.717) is 10.8 Å². The molecule has 0 bridgehead atoms. The van der Waals surface area contributed by atoms with Gasteiger partial charge < -0.3 is 14.8 Å². The highest BCUT2D eigenvalue weighted by Crippen LogP contribution is 2.45. The smallest absolute Gasteiger partial charge is 0.224 e. The lowest BCUT2D eigenvalue weighted by Gasteiger charge is -2.26. The van der Waals surface area contributed by atoms with Gasteiger partial charge in [-0.15, -0.1) is 0 Å². The van der Waals surface area contributed by atoms with Crippen LogP contribution >= 0.6 is 11.6 Å². The zero-order valence-corrected chi connectivity index (χ0v) is 12.8. The van der Waals surface area contributed by atoms with Crippen molar-refractivity contribution in [3.63, 3.8) is 0 Å². The highest BCUT2D eigenvalue weighted by Gasteiger charge is 2.47. The summed E-state index contributed by atoms with van der Waals surface area (Å²) in [5.41, 5.74) is -0.353. The minimum atomic E-state index is -1.13. The quantitative estimate of drug-likeness (QED) is 0.860. The second-order valence-corrected chi connectivity index (χ2v) is 6.13. The van der Waals surface area contributed by atoms with E-state index in [4.69, 9.17) is 16.0 Å². The van der Waals surface area contributed by atoms with Gasteiger partial charge in [-0.05, 0) is 42.5 Å². The lowest BCUT2D eigenvalue weighted by atomic mass is 9.94. The molecular weight excluding hydrogens is 302 g/mol. The van der Waals surface area contributed by atoms with E-state index in [1.165, 1.54) is 6.26 Å². The molecule has 0 aliphatic heterocycles. The number of hydrogen-bond donors (Lipinski definition) is 2. The van der Waals surface area contributed by atoms with E-state index in [-0.39, 0.29) is 24.8 Å². The molecule has 1 aromatic heterocycles. The average molecular weight is 320 g/mol. The fourth-order valence-corrected chi connectivity index (χ4v) is 2.83. The third-order valence-corrected chi connectivity index (χ3v) is 4.43. The highest BCUT2D eigenvalue weighted by atomic mass is 35.5. The number of hydrogen-bond acceptors (Lipinski definition) is 3. The van der Waals surface area contributed by atoms with Crippen molar-refractivity contribution in [3.05, 3.63) is 59.0 Å². The molecule has 1 saturated carbocycles. The van der Waals surface area contributed by atoms with E-state index in [9.17, 15) is 9.90 Å². The van der Waals surface area contributed by atoms with Crippen molar-refractivity contribution in [2.75, 3.05) is 6.54 Å². The Hall–Kier alpha value is -1.78. The summed E-state index contributed by atoms with van der Waals surface area (Å²) in [7, 11) is 0. The Morgan fingerprint density at radius 3 is 2.73 bits per heavy atom. The zero-order chi connectivity index (χ0) is 15.6. The number of carbonyl (C=O) groups is 1. The zero-order valence-electron chi connectivity index (χ0n) is 12.1. The number of benzene rings is 1. The Balaban J connectivity index is 1.63. The Morgan fingerprint density at radius 1 is 1.32 bits per heavy atom. The van der Waals surface area contributed by atoms with E-state index in [0.717, 1.165) is 18.4 Å². The summed E-state index contributed by atoms with van der Waals surface area (Å²) in [6, 6.07) is 10.7.